The van der Waals surface area contributed by atoms with Gasteiger partial charge in [0.15, 0.2) is 12.2 Å². The first kappa shape index (κ1) is 98.1. The summed E-state index contributed by atoms with van der Waals surface area (Å²) in [4.78, 5) is 72.8. The van der Waals surface area contributed by atoms with E-state index in [0.29, 0.717) is 25.7 Å². The van der Waals surface area contributed by atoms with Gasteiger partial charge in [-0.3, -0.25) is 37.3 Å². The molecule has 5 atom stereocenters. The number of carbonyl (C=O) groups excluding carboxylic acids is 4. The highest BCUT2D eigenvalue weighted by Gasteiger charge is 2.30. The fourth-order valence-corrected chi connectivity index (χ4v) is 14.2. The predicted molar refractivity (Wildman–Crippen MR) is 409 cm³/mol. The van der Waals surface area contributed by atoms with Crippen LogP contribution in [0.2, 0.25) is 0 Å². The smallest absolute Gasteiger partial charge is 0.462 e. The molecule has 0 aromatic rings. The second kappa shape index (κ2) is 75.3. The Balaban J connectivity index is 5.15. The fraction of sp³-hybridized carbons (Fsp3) is 0.951. The molecule has 0 fully saturated rings. The van der Waals surface area contributed by atoms with Crippen molar-refractivity contribution >= 4 is 39.5 Å². The van der Waals surface area contributed by atoms with Gasteiger partial charge in [0.25, 0.3) is 0 Å². The number of esters is 4. The highest BCUT2D eigenvalue weighted by molar-refractivity contribution is 7.47. The van der Waals surface area contributed by atoms with Crippen molar-refractivity contribution in [2.75, 3.05) is 39.6 Å². The maximum atomic E-state index is 13.1. The summed E-state index contributed by atoms with van der Waals surface area (Å²) in [6.45, 7) is 4.98. The first-order chi connectivity index (χ1) is 48.7. The van der Waals surface area contributed by atoms with E-state index < -0.39 is 97.5 Å². The number of phosphoric acid groups is 2. The van der Waals surface area contributed by atoms with E-state index in [1.54, 1.807) is 0 Å². The zero-order valence-electron chi connectivity index (χ0n) is 65.2. The van der Waals surface area contributed by atoms with Crippen LogP contribution in [0.15, 0.2) is 0 Å². The second-order valence-electron chi connectivity index (χ2n) is 29.2. The molecule has 0 heterocycles. The molecular weight excluding hydrogens is 1310 g/mol. The van der Waals surface area contributed by atoms with Crippen molar-refractivity contribution in [1.82, 2.24) is 0 Å². The van der Waals surface area contributed by atoms with Crippen molar-refractivity contribution in [1.29, 1.82) is 0 Å². The van der Waals surface area contributed by atoms with Crippen molar-refractivity contribution < 1.29 is 80.2 Å². The van der Waals surface area contributed by atoms with Crippen LogP contribution in [-0.4, -0.2) is 96.7 Å². The third kappa shape index (κ3) is 74.3. The first-order valence-corrected chi connectivity index (χ1v) is 45.3. The lowest BCUT2D eigenvalue weighted by atomic mass is 10.0. The largest absolute Gasteiger partial charge is 0.472 e. The maximum Gasteiger partial charge on any atom is 0.472 e. The predicted octanol–water partition coefficient (Wildman–Crippen LogP) is 24.6. The van der Waals surface area contributed by atoms with Gasteiger partial charge in [0.2, 0.25) is 0 Å². The number of unbranched alkanes of at least 4 members (excludes halogenated alkanes) is 56. The monoisotopic (exact) mass is 1470 g/mol. The highest BCUT2D eigenvalue weighted by atomic mass is 31.2. The van der Waals surface area contributed by atoms with E-state index in [-0.39, 0.29) is 25.7 Å². The van der Waals surface area contributed by atoms with Gasteiger partial charge in [-0.15, -0.1) is 0 Å². The summed E-state index contributed by atoms with van der Waals surface area (Å²) in [5.74, 6) is -2.11. The average molecular weight is 1470 g/mol. The van der Waals surface area contributed by atoms with Crippen molar-refractivity contribution in [3.8, 4) is 0 Å². The van der Waals surface area contributed by atoms with E-state index in [4.69, 9.17) is 37.0 Å². The molecule has 594 valence electrons. The van der Waals surface area contributed by atoms with Crippen LogP contribution in [0, 0.1) is 0 Å². The summed E-state index contributed by atoms with van der Waals surface area (Å²) in [6.07, 6.45) is 68.3. The summed E-state index contributed by atoms with van der Waals surface area (Å²) in [5.41, 5.74) is 0. The molecule has 0 aromatic heterocycles. The van der Waals surface area contributed by atoms with Crippen molar-refractivity contribution in [2.45, 2.75) is 457 Å². The second-order valence-corrected chi connectivity index (χ2v) is 32.1. The van der Waals surface area contributed by atoms with Crippen LogP contribution in [-0.2, 0) is 65.4 Å². The molecule has 0 spiro atoms. The summed E-state index contributed by atoms with van der Waals surface area (Å²) in [5, 5.41) is 10.6. The zero-order valence-corrected chi connectivity index (χ0v) is 67.0. The van der Waals surface area contributed by atoms with Gasteiger partial charge in [-0.05, 0) is 25.7 Å². The van der Waals surface area contributed by atoms with Crippen LogP contribution >= 0.6 is 15.6 Å². The quantitative estimate of drug-likeness (QED) is 0.0222. The number of rotatable bonds is 82. The van der Waals surface area contributed by atoms with Gasteiger partial charge in [-0.25, -0.2) is 9.13 Å². The molecule has 0 saturated heterocycles. The topological polar surface area (TPSA) is 237 Å². The number of aliphatic hydroxyl groups excluding tert-OH is 1. The minimum Gasteiger partial charge on any atom is -0.462 e. The minimum absolute atomic E-state index is 0.108. The molecule has 0 saturated carbocycles. The Morgan fingerprint density at radius 2 is 0.400 bits per heavy atom. The lowest BCUT2D eigenvalue weighted by molar-refractivity contribution is -0.161. The van der Waals surface area contributed by atoms with Crippen LogP contribution in [0.5, 0.6) is 0 Å². The summed E-state index contributed by atoms with van der Waals surface area (Å²) < 4.78 is 68.6. The molecule has 0 bridgehead atoms. The van der Waals surface area contributed by atoms with Crippen LogP contribution in [0.4, 0.5) is 0 Å². The van der Waals surface area contributed by atoms with Crippen LogP contribution < -0.4 is 0 Å². The Hall–Kier alpha value is -1.94. The number of aliphatic hydroxyl groups is 1. The summed E-state index contributed by atoms with van der Waals surface area (Å²) >= 11 is 0. The van der Waals surface area contributed by atoms with Gasteiger partial charge in [0.05, 0.1) is 26.4 Å². The molecule has 0 aromatic carbocycles. The van der Waals surface area contributed by atoms with Gasteiger partial charge in [0, 0.05) is 25.7 Å². The van der Waals surface area contributed by atoms with Crippen molar-refractivity contribution in [3.63, 3.8) is 0 Å². The van der Waals surface area contributed by atoms with E-state index in [2.05, 4.69) is 27.7 Å². The average Bonchev–Trinajstić information content (AvgIpc) is 0.973. The molecular formula is C81H158O17P2. The zero-order chi connectivity index (χ0) is 73.2. The molecule has 0 amide bonds. The first-order valence-electron chi connectivity index (χ1n) is 42.3. The number of hydrogen-bond acceptors (Lipinski definition) is 15. The molecule has 19 heteroatoms. The van der Waals surface area contributed by atoms with E-state index >= 15 is 0 Å². The molecule has 0 radical (unpaired) electrons. The third-order valence-electron chi connectivity index (χ3n) is 19.1. The van der Waals surface area contributed by atoms with E-state index in [1.165, 1.54) is 257 Å². The minimum atomic E-state index is -4.96. The number of phosphoric ester groups is 2. The van der Waals surface area contributed by atoms with Crippen LogP contribution in [0.3, 0.4) is 0 Å². The molecule has 100 heavy (non-hydrogen) atoms. The molecule has 17 nitrogen and oxygen atoms in total. The standard InChI is InChI=1S/C81H158O17P2/c1-5-9-13-17-21-24-27-30-32-34-36-37-38-39-41-43-46-49-52-56-60-64-68-81(86)98-77(72-92-79(84)66-62-58-54-50-47-45-42-40-35-33-31-28-25-22-18-14-10-6-2)74-96-100(89,90)94-70-75(82)69-93-99(87,88)95-73-76(71-91-78(83)65-61-57-53-20-16-12-8-4)97-80(85)67-63-59-55-51-48-44-29-26-23-19-15-11-7-3/h75-77,82H,5-74H2,1-4H3,(H,87,88)(H,89,90)/t75-,76+,77+/m0/s1. The maximum absolute atomic E-state index is 13.1. The van der Waals surface area contributed by atoms with E-state index in [9.17, 15) is 43.2 Å². The molecule has 0 aliphatic rings. The van der Waals surface area contributed by atoms with Gasteiger partial charge in [-0.2, -0.15) is 0 Å². The Morgan fingerprint density at radius 1 is 0.240 bits per heavy atom. The Labute approximate surface area is 613 Å². The van der Waals surface area contributed by atoms with Gasteiger partial charge < -0.3 is 33.8 Å². The van der Waals surface area contributed by atoms with Crippen molar-refractivity contribution in [2.24, 2.45) is 0 Å². The fourth-order valence-electron chi connectivity index (χ4n) is 12.6. The molecule has 2 unspecified atom stereocenters. The summed E-state index contributed by atoms with van der Waals surface area (Å²) in [7, 11) is -9.91. The molecule has 3 N–H and O–H groups in total. The van der Waals surface area contributed by atoms with Crippen LogP contribution in [0.1, 0.15) is 439 Å². The summed E-state index contributed by atoms with van der Waals surface area (Å²) in [6, 6.07) is 0. The SMILES string of the molecule is CCCCCCCCCCCCCCCCCCCCCCCCC(=O)O[C@H](COC(=O)CCCCCCCCCCCCCCCCCCCC)COP(=O)(O)OC[C@@H](O)COP(=O)(O)OC[C@@H](COC(=O)CCCCCCCCC)OC(=O)CCCCCCCCCCCCCCC. The Bertz CT molecular complexity index is 1890. The molecule has 0 aliphatic heterocycles. The van der Waals surface area contributed by atoms with Gasteiger partial charge in [0.1, 0.15) is 19.3 Å². The highest BCUT2D eigenvalue weighted by Crippen LogP contribution is 2.45. The van der Waals surface area contributed by atoms with Crippen LogP contribution in [0.25, 0.3) is 0 Å². The third-order valence-corrected chi connectivity index (χ3v) is 21.0. The lowest BCUT2D eigenvalue weighted by Crippen LogP contribution is -2.30. The lowest BCUT2D eigenvalue weighted by Gasteiger charge is -2.21. The van der Waals surface area contributed by atoms with E-state index in [1.807, 2.05) is 0 Å². The molecule has 0 aliphatic carbocycles. The van der Waals surface area contributed by atoms with Gasteiger partial charge in [-0.1, -0.05) is 387 Å². The number of hydrogen-bond donors (Lipinski definition) is 3. The Morgan fingerprint density at radius 3 is 0.590 bits per heavy atom. The van der Waals surface area contributed by atoms with E-state index in [0.717, 1.165) is 103 Å². The normalized spacial score (nSPS) is 13.8. The van der Waals surface area contributed by atoms with Gasteiger partial charge >= 0.3 is 39.5 Å². The number of ether oxygens (including phenoxy) is 4. The Kier molecular flexibility index (Phi) is 73.8. The molecule has 0 rings (SSSR count). The van der Waals surface area contributed by atoms with Crippen molar-refractivity contribution in [3.05, 3.63) is 0 Å². The number of carbonyl (C=O) groups is 4.